The zero-order valence-electron chi connectivity index (χ0n) is 15.3. The summed E-state index contributed by atoms with van der Waals surface area (Å²) in [6, 6.07) is 13.3. The van der Waals surface area contributed by atoms with E-state index in [1.54, 1.807) is 24.3 Å². The molecule has 3 nitrogen and oxygen atoms in total. The van der Waals surface area contributed by atoms with Crippen LogP contribution in [0.2, 0.25) is 0 Å². The number of carboxylic acids is 1. The molecule has 0 aliphatic carbocycles. The summed E-state index contributed by atoms with van der Waals surface area (Å²) in [6.07, 6.45) is 3.20. The molecule has 0 atom stereocenters. The standard InChI is InChI=1S/C21H23NO2.K/c1-14(12-15-4-6-16(7-5-15)20(23)24)17-8-9-19-18(13-17)21(2,3)10-11-22-19;/h4-9,12-13,22H,10-11H2,1-3H3,(H,23,24);/q;+1/p-1/b14-12+;. The monoisotopic (exact) mass is 359 g/mol. The van der Waals surface area contributed by atoms with Crippen molar-refractivity contribution in [3.8, 4) is 0 Å². The first-order chi connectivity index (χ1) is 11.4. The number of carboxylic acid groups (broad SMARTS) is 1. The van der Waals surface area contributed by atoms with Crippen LogP contribution < -0.4 is 61.8 Å². The minimum absolute atomic E-state index is 0. The largest absolute Gasteiger partial charge is 1.00 e. The maximum absolute atomic E-state index is 10.8. The summed E-state index contributed by atoms with van der Waals surface area (Å²) in [5, 5.41) is 14.3. The fourth-order valence-electron chi connectivity index (χ4n) is 3.20. The smallest absolute Gasteiger partial charge is 0.545 e. The number of nitrogens with one attached hydrogen (secondary N) is 1. The van der Waals surface area contributed by atoms with Crippen LogP contribution in [0.3, 0.4) is 0 Å². The zero-order valence-corrected chi connectivity index (χ0v) is 18.5. The van der Waals surface area contributed by atoms with Crippen LogP contribution >= 0.6 is 0 Å². The maximum atomic E-state index is 10.8. The van der Waals surface area contributed by atoms with Gasteiger partial charge in [-0.05, 0) is 58.7 Å². The molecule has 2 aromatic carbocycles. The van der Waals surface area contributed by atoms with Gasteiger partial charge in [-0.25, -0.2) is 0 Å². The summed E-state index contributed by atoms with van der Waals surface area (Å²) in [4.78, 5) is 10.8. The van der Waals surface area contributed by atoms with E-state index >= 15 is 0 Å². The summed E-state index contributed by atoms with van der Waals surface area (Å²) < 4.78 is 0. The van der Waals surface area contributed by atoms with Crippen molar-refractivity contribution in [2.24, 2.45) is 0 Å². The van der Waals surface area contributed by atoms with Crippen molar-refractivity contribution in [1.29, 1.82) is 0 Å². The van der Waals surface area contributed by atoms with Gasteiger partial charge in [-0.2, -0.15) is 0 Å². The molecule has 1 aliphatic heterocycles. The average molecular weight is 360 g/mol. The zero-order chi connectivity index (χ0) is 17.3. The van der Waals surface area contributed by atoms with E-state index in [1.807, 2.05) is 0 Å². The fourth-order valence-corrected chi connectivity index (χ4v) is 3.20. The predicted octanol–water partition coefficient (Wildman–Crippen LogP) is 0.708. The van der Waals surface area contributed by atoms with Crippen LogP contribution in [0.1, 0.15) is 54.2 Å². The van der Waals surface area contributed by atoms with Gasteiger partial charge in [-0.3, -0.25) is 0 Å². The Morgan fingerprint density at radius 3 is 2.40 bits per heavy atom. The van der Waals surface area contributed by atoms with Gasteiger partial charge in [-0.1, -0.05) is 50.3 Å². The number of hydrogen-bond acceptors (Lipinski definition) is 3. The third kappa shape index (κ3) is 4.63. The Bertz CT molecular complexity index is 807. The number of anilines is 1. The molecule has 0 aromatic heterocycles. The minimum Gasteiger partial charge on any atom is -0.545 e. The van der Waals surface area contributed by atoms with Gasteiger partial charge in [0.1, 0.15) is 0 Å². The SMILES string of the molecule is C/C(=C\c1ccc(C(=O)[O-])cc1)c1ccc2c(c1)C(C)(C)CCN2.[K+]. The number of rotatable bonds is 3. The molecule has 25 heavy (non-hydrogen) atoms. The summed E-state index contributed by atoms with van der Waals surface area (Å²) in [5.74, 6) is -1.15. The quantitative estimate of drug-likeness (QED) is 0.649. The van der Waals surface area contributed by atoms with Crippen molar-refractivity contribution in [1.82, 2.24) is 0 Å². The maximum Gasteiger partial charge on any atom is 1.00 e. The minimum atomic E-state index is -1.15. The van der Waals surface area contributed by atoms with Crippen molar-refractivity contribution < 1.29 is 61.3 Å². The summed E-state index contributed by atoms with van der Waals surface area (Å²) in [5.41, 5.74) is 6.27. The van der Waals surface area contributed by atoms with E-state index in [2.05, 4.69) is 50.4 Å². The predicted molar refractivity (Wildman–Crippen MR) is 96.9 cm³/mol. The van der Waals surface area contributed by atoms with E-state index in [1.165, 1.54) is 16.8 Å². The van der Waals surface area contributed by atoms with E-state index in [4.69, 9.17) is 0 Å². The normalized spacial score (nSPS) is 15.6. The molecule has 1 heterocycles. The molecule has 0 saturated carbocycles. The summed E-state index contributed by atoms with van der Waals surface area (Å²) >= 11 is 0. The number of allylic oxidation sites excluding steroid dienone is 1. The number of carbonyl (C=O) groups excluding carboxylic acids is 1. The molecule has 4 heteroatoms. The van der Waals surface area contributed by atoms with Crippen molar-refractivity contribution in [2.75, 3.05) is 11.9 Å². The Hall–Kier alpha value is -0.914. The van der Waals surface area contributed by atoms with E-state index in [0.29, 0.717) is 0 Å². The Kier molecular flexibility index (Phi) is 6.68. The molecule has 0 bridgehead atoms. The first-order valence-electron chi connectivity index (χ1n) is 8.25. The van der Waals surface area contributed by atoms with Gasteiger partial charge in [0.2, 0.25) is 0 Å². The molecule has 0 amide bonds. The number of carbonyl (C=O) groups is 1. The molecule has 124 valence electrons. The van der Waals surface area contributed by atoms with Crippen LogP contribution in [0, 0.1) is 0 Å². The van der Waals surface area contributed by atoms with Crippen LogP contribution in [-0.4, -0.2) is 12.5 Å². The first-order valence-corrected chi connectivity index (χ1v) is 8.25. The van der Waals surface area contributed by atoms with Gasteiger partial charge < -0.3 is 15.2 Å². The second kappa shape index (κ2) is 8.19. The topological polar surface area (TPSA) is 52.2 Å². The van der Waals surface area contributed by atoms with E-state index in [0.717, 1.165) is 24.1 Å². The van der Waals surface area contributed by atoms with E-state index < -0.39 is 5.97 Å². The van der Waals surface area contributed by atoms with Crippen molar-refractivity contribution in [3.63, 3.8) is 0 Å². The summed E-state index contributed by atoms with van der Waals surface area (Å²) in [6.45, 7) is 7.67. The molecule has 1 N–H and O–H groups in total. The number of aromatic carboxylic acids is 1. The van der Waals surface area contributed by atoms with Crippen LogP contribution in [0.5, 0.6) is 0 Å². The molecule has 0 spiro atoms. The first kappa shape index (κ1) is 20.4. The molecule has 0 unspecified atom stereocenters. The van der Waals surface area contributed by atoms with Crippen LogP contribution in [-0.2, 0) is 5.41 Å². The molecular formula is C21H22KNO2. The number of fused-ring (bicyclic) bond motifs is 1. The second-order valence-electron chi connectivity index (χ2n) is 7.06. The molecule has 0 fully saturated rings. The number of hydrogen-bond donors (Lipinski definition) is 1. The fraction of sp³-hybridized carbons (Fsp3) is 0.286. The van der Waals surface area contributed by atoms with Crippen LogP contribution in [0.25, 0.3) is 11.6 Å². The third-order valence-corrected chi connectivity index (χ3v) is 4.80. The molecule has 0 saturated heterocycles. The average Bonchev–Trinajstić information content (AvgIpc) is 2.55. The number of benzene rings is 2. The Labute approximate surface area is 192 Å². The Morgan fingerprint density at radius 2 is 1.76 bits per heavy atom. The molecule has 3 rings (SSSR count). The Morgan fingerprint density at radius 1 is 1.12 bits per heavy atom. The molecule has 1 aliphatic rings. The molecule has 2 aromatic rings. The third-order valence-electron chi connectivity index (χ3n) is 4.80. The Balaban J connectivity index is 0.00000225. The molecule has 0 radical (unpaired) electrons. The van der Waals surface area contributed by atoms with Gasteiger partial charge in [0, 0.05) is 12.2 Å². The van der Waals surface area contributed by atoms with Gasteiger partial charge in [0.15, 0.2) is 0 Å². The van der Waals surface area contributed by atoms with Gasteiger partial charge >= 0.3 is 51.4 Å². The van der Waals surface area contributed by atoms with Gasteiger partial charge in [0.05, 0.1) is 5.97 Å². The molecular weight excluding hydrogens is 337 g/mol. The summed E-state index contributed by atoms with van der Waals surface area (Å²) in [7, 11) is 0. The van der Waals surface area contributed by atoms with Crippen molar-refractivity contribution in [3.05, 3.63) is 64.7 Å². The van der Waals surface area contributed by atoms with Crippen molar-refractivity contribution >= 4 is 23.3 Å². The second-order valence-corrected chi connectivity index (χ2v) is 7.06. The van der Waals surface area contributed by atoms with Gasteiger partial charge in [0.25, 0.3) is 0 Å². The van der Waals surface area contributed by atoms with E-state index in [-0.39, 0.29) is 62.4 Å². The van der Waals surface area contributed by atoms with Crippen LogP contribution in [0.4, 0.5) is 5.69 Å². The van der Waals surface area contributed by atoms with Crippen LogP contribution in [0.15, 0.2) is 42.5 Å². The van der Waals surface area contributed by atoms with E-state index in [9.17, 15) is 9.90 Å². The van der Waals surface area contributed by atoms with Gasteiger partial charge in [-0.15, -0.1) is 0 Å². The van der Waals surface area contributed by atoms with Crippen molar-refractivity contribution in [2.45, 2.75) is 32.6 Å².